The second kappa shape index (κ2) is 9.54. The van der Waals surface area contributed by atoms with Crippen molar-refractivity contribution in [3.05, 3.63) is 82.9 Å². The SMILES string of the molecule is Clc1ccc(CCC2(Cn3ccnc3)OCC(CSc3cccc(Cl)c3)O2)cc1. The lowest BCUT2D eigenvalue weighted by Gasteiger charge is -2.28. The molecule has 0 radical (unpaired) electrons. The maximum atomic E-state index is 6.47. The highest BCUT2D eigenvalue weighted by atomic mass is 35.5. The van der Waals surface area contributed by atoms with E-state index in [-0.39, 0.29) is 6.10 Å². The lowest BCUT2D eigenvalue weighted by molar-refractivity contribution is -0.180. The molecule has 1 aliphatic heterocycles. The molecule has 1 fully saturated rings. The molecule has 152 valence electrons. The Morgan fingerprint density at radius 2 is 2.00 bits per heavy atom. The normalized spacial score (nSPS) is 21.5. The van der Waals surface area contributed by atoms with Crippen LogP contribution in [0, 0.1) is 0 Å². The zero-order valence-electron chi connectivity index (χ0n) is 15.8. The van der Waals surface area contributed by atoms with Crippen molar-refractivity contribution in [2.24, 2.45) is 0 Å². The summed E-state index contributed by atoms with van der Waals surface area (Å²) >= 11 is 13.8. The average Bonchev–Trinajstić information content (AvgIpc) is 3.37. The van der Waals surface area contributed by atoms with E-state index in [1.807, 2.05) is 41.1 Å². The molecule has 4 rings (SSSR count). The van der Waals surface area contributed by atoms with Crippen LogP contribution < -0.4 is 0 Å². The van der Waals surface area contributed by atoms with Crippen molar-refractivity contribution in [1.29, 1.82) is 0 Å². The third-order valence-electron chi connectivity index (χ3n) is 4.84. The highest BCUT2D eigenvalue weighted by Gasteiger charge is 2.41. The first-order valence-electron chi connectivity index (χ1n) is 9.51. The van der Waals surface area contributed by atoms with Crippen molar-refractivity contribution in [2.45, 2.75) is 36.2 Å². The van der Waals surface area contributed by atoms with Crippen molar-refractivity contribution in [3.63, 3.8) is 0 Å². The van der Waals surface area contributed by atoms with Gasteiger partial charge < -0.3 is 14.0 Å². The highest BCUT2D eigenvalue weighted by molar-refractivity contribution is 7.99. The molecule has 2 atom stereocenters. The third-order valence-corrected chi connectivity index (χ3v) is 6.45. The van der Waals surface area contributed by atoms with Crippen LogP contribution in [0.25, 0.3) is 0 Å². The Kier molecular flexibility index (Phi) is 6.83. The minimum atomic E-state index is -0.667. The number of aryl methyl sites for hydroxylation is 1. The van der Waals surface area contributed by atoms with Gasteiger partial charge in [-0.05, 0) is 42.3 Å². The van der Waals surface area contributed by atoms with Crippen molar-refractivity contribution >= 4 is 35.0 Å². The second-order valence-corrected chi connectivity index (χ2v) is 9.06. The molecule has 1 aliphatic rings. The Labute approximate surface area is 185 Å². The molecular weight excluding hydrogens is 427 g/mol. The quantitative estimate of drug-likeness (QED) is 0.412. The van der Waals surface area contributed by atoms with E-state index < -0.39 is 5.79 Å². The zero-order chi connectivity index (χ0) is 20.1. The number of aromatic nitrogens is 2. The minimum absolute atomic E-state index is 0.0210. The van der Waals surface area contributed by atoms with Gasteiger partial charge in [0.25, 0.3) is 0 Å². The van der Waals surface area contributed by atoms with E-state index in [2.05, 4.69) is 23.2 Å². The number of hydrogen-bond acceptors (Lipinski definition) is 4. The van der Waals surface area contributed by atoms with Crippen LogP contribution in [-0.2, 0) is 22.4 Å². The molecule has 4 nitrogen and oxygen atoms in total. The van der Waals surface area contributed by atoms with Crippen LogP contribution in [0.2, 0.25) is 10.0 Å². The molecular formula is C22H22Cl2N2O2S. The third kappa shape index (κ3) is 5.77. The highest BCUT2D eigenvalue weighted by Crippen LogP contribution is 2.33. The predicted molar refractivity (Wildman–Crippen MR) is 118 cm³/mol. The average molecular weight is 449 g/mol. The first-order valence-corrected chi connectivity index (χ1v) is 11.2. The molecule has 1 saturated heterocycles. The number of halogens is 2. The minimum Gasteiger partial charge on any atom is -0.345 e. The Morgan fingerprint density at radius 3 is 2.76 bits per heavy atom. The van der Waals surface area contributed by atoms with Gasteiger partial charge in [-0.15, -0.1) is 11.8 Å². The van der Waals surface area contributed by atoms with E-state index >= 15 is 0 Å². The molecule has 29 heavy (non-hydrogen) atoms. The van der Waals surface area contributed by atoms with Crippen LogP contribution in [0.4, 0.5) is 0 Å². The first-order chi connectivity index (χ1) is 14.1. The van der Waals surface area contributed by atoms with Crippen LogP contribution in [-0.4, -0.2) is 33.8 Å². The summed E-state index contributed by atoms with van der Waals surface area (Å²) in [5.41, 5.74) is 1.21. The number of ether oxygens (including phenoxy) is 2. The molecule has 2 heterocycles. The topological polar surface area (TPSA) is 36.3 Å². The van der Waals surface area contributed by atoms with Gasteiger partial charge in [0.2, 0.25) is 0 Å². The molecule has 0 saturated carbocycles. The number of thioether (sulfide) groups is 1. The number of hydrogen-bond donors (Lipinski definition) is 0. The molecule has 1 aromatic heterocycles. The number of nitrogens with zero attached hydrogens (tertiary/aromatic N) is 2. The molecule has 0 aliphatic carbocycles. The van der Waals surface area contributed by atoms with Gasteiger partial charge >= 0.3 is 0 Å². The van der Waals surface area contributed by atoms with E-state index in [1.54, 1.807) is 24.3 Å². The summed E-state index contributed by atoms with van der Waals surface area (Å²) in [6.07, 6.45) is 7.13. The fourth-order valence-electron chi connectivity index (χ4n) is 3.38. The summed E-state index contributed by atoms with van der Waals surface area (Å²) in [5, 5.41) is 1.49. The van der Waals surface area contributed by atoms with E-state index in [9.17, 15) is 0 Å². The summed E-state index contributed by atoms with van der Waals surface area (Å²) in [7, 11) is 0. The van der Waals surface area contributed by atoms with E-state index in [0.717, 1.165) is 33.5 Å². The fourth-order valence-corrected chi connectivity index (χ4v) is 4.69. The smallest absolute Gasteiger partial charge is 0.187 e. The Hall–Kier alpha value is -1.50. The van der Waals surface area contributed by atoms with E-state index in [1.165, 1.54) is 5.56 Å². The van der Waals surface area contributed by atoms with Gasteiger partial charge in [0.15, 0.2) is 5.79 Å². The summed E-state index contributed by atoms with van der Waals surface area (Å²) in [6, 6.07) is 15.8. The Balaban J connectivity index is 1.41. The van der Waals surface area contributed by atoms with Crippen molar-refractivity contribution < 1.29 is 9.47 Å². The zero-order valence-corrected chi connectivity index (χ0v) is 18.2. The predicted octanol–water partition coefficient (Wildman–Crippen LogP) is 5.73. The van der Waals surface area contributed by atoms with Gasteiger partial charge in [-0.25, -0.2) is 4.98 Å². The van der Waals surface area contributed by atoms with Gasteiger partial charge in [0.1, 0.15) is 0 Å². The van der Waals surface area contributed by atoms with E-state index in [4.69, 9.17) is 32.7 Å². The van der Waals surface area contributed by atoms with Gasteiger partial charge in [-0.1, -0.05) is 41.4 Å². The van der Waals surface area contributed by atoms with Crippen molar-refractivity contribution in [3.8, 4) is 0 Å². The molecule has 0 amide bonds. The monoisotopic (exact) mass is 448 g/mol. The van der Waals surface area contributed by atoms with Crippen LogP contribution >= 0.6 is 35.0 Å². The maximum absolute atomic E-state index is 6.47. The lowest BCUT2D eigenvalue weighted by atomic mass is 10.0. The summed E-state index contributed by atoms with van der Waals surface area (Å²) in [6.45, 7) is 1.18. The van der Waals surface area contributed by atoms with Crippen LogP contribution in [0.5, 0.6) is 0 Å². The molecule has 2 unspecified atom stereocenters. The summed E-state index contributed by atoms with van der Waals surface area (Å²) < 4.78 is 14.7. The maximum Gasteiger partial charge on any atom is 0.187 e. The summed E-state index contributed by atoms with van der Waals surface area (Å²) in [4.78, 5) is 5.28. The number of imidazole rings is 1. The number of rotatable bonds is 8. The first kappa shape index (κ1) is 20.8. The Bertz CT molecular complexity index is 921. The van der Waals surface area contributed by atoms with Gasteiger partial charge in [0.05, 0.1) is 25.6 Å². The van der Waals surface area contributed by atoms with Crippen LogP contribution in [0.3, 0.4) is 0 Å². The standard InChI is InChI=1S/C22H22Cl2N2O2S/c23-18-6-4-17(5-7-18)8-9-22(15-26-11-10-25-16-26)27-13-20(28-22)14-29-21-3-1-2-19(24)12-21/h1-7,10-12,16,20H,8-9,13-15H2. The second-order valence-electron chi connectivity index (χ2n) is 7.09. The van der Waals surface area contributed by atoms with Gasteiger partial charge in [-0.3, -0.25) is 0 Å². The lowest BCUT2D eigenvalue weighted by Crippen LogP contribution is -2.37. The molecule has 0 spiro atoms. The molecule has 7 heteroatoms. The Morgan fingerprint density at radius 1 is 1.14 bits per heavy atom. The molecule has 3 aromatic rings. The molecule has 0 bridgehead atoms. The fraction of sp³-hybridized carbons (Fsp3) is 0.318. The van der Waals surface area contributed by atoms with Crippen molar-refractivity contribution in [2.75, 3.05) is 12.4 Å². The summed E-state index contributed by atoms with van der Waals surface area (Å²) in [5.74, 6) is 0.146. The van der Waals surface area contributed by atoms with Gasteiger partial charge in [0, 0.05) is 39.5 Å². The van der Waals surface area contributed by atoms with E-state index in [0.29, 0.717) is 13.2 Å². The van der Waals surface area contributed by atoms with Crippen LogP contribution in [0.1, 0.15) is 12.0 Å². The number of benzene rings is 2. The van der Waals surface area contributed by atoms with Crippen molar-refractivity contribution in [1.82, 2.24) is 9.55 Å². The van der Waals surface area contributed by atoms with Crippen LogP contribution in [0.15, 0.2) is 72.1 Å². The largest absolute Gasteiger partial charge is 0.345 e. The van der Waals surface area contributed by atoms with Gasteiger partial charge in [-0.2, -0.15) is 0 Å². The molecule has 2 aromatic carbocycles. The molecule has 0 N–H and O–H groups in total.